The van der Waals surface area contributed by atoms with E-state index < -0.39 is 12.2 Å². The number of benzene rings is 1. The molecule has 0 amide bonds. The van der Waals surface area contributed by atoms with Crippen molar-refractivity contribution in [3.63, 3.8) is 0 Å². The monoisotopic (exact) mass is 638 g/mol. The van der Waals surface area contributed by atoms with Gasteiger partial charge in [-0.25, -0.2) is 0 Å². The van der Waals surface area contributed by atoms with Crippen LogP contribution in [0, 0.1) is 10.8 Å². The van der Waals surface area contributed by atoms with Crippen LogP contribution < -0.4 is 0 Å². The van der Waals surface area contributed by atoms with Gasteiger partial charge >= 0.3 is 22.1 Å². The average molecular weight is 637 g/mol. The van der Waals surface area contributed by atoms with Crippen LogP contribution in [0.3, 0.4) is 0 Å². The summed E-state index contributed by atoms with van der Waals surface area (Å²) >= 11 is 0.611. The second-order valence-electron chi connectivity index (χ2n) is 11.8. The summed E-state index contributed by atoms with van der Waals surface area (Å²) in [5.74, 6) is 0. The van der Waals surface area contributed by atoms with Crippen LogP contribution in [-0.2, 0) is 28.5 Å². The molecule has 0 spiro atoms. The van der Waals surface area contributed by atoms with E-state index in [9.17, 15) is 10.2 Å². The molecule has 2 aliphatic carbocycles. The topological polar surface area (TPSA) is 85.7 Å². The predicted molar refractivity (Wildman–Crippen MR) is 132 cm³/mol. The van der Waals surface area contributed by atoms with Gasteiger partial charge in [-0.05, 0) is 22.0 Å². The summed E-state index contributed by atoms with van der Waals surface area (Å²) in [5, 5.41) is 28.6. The summed E-state index contributed by atoms with van der Waals surface area (Å²) in [6.45, 7) is 15.8. The molecule has 2 N–H and O–H groups in total. The second kappa shape index (κ2) is 14.8. The molecule has 4 atom stereocenters. The van der Waals surface area contributed by atoms with Crippen LogP contribution in [0.15, 0.2) is 24.3 Å². The molecule has 0 bridgehead atoms. The third-order valence-electron chi connectivity index (χ3n) is 6.31. The molecule has 0 unspecified atom stereocenters. The van der Waals surface area contributed by atoms with Crippen molar-refractivity contribution in [2.75, 3.05) is 13.1 Å². The van der Waals surface area contributed by atoms with E-state index in [2.05, 4.69) is 41.5 Å². The van der Waals surface area contributed by atoms with E-state index in [0.29, 0.717) is 47.9 Å². The molecule has 1 fully saturated rings. The van der Waals surface area contributed by atoms with E-state index in [1.165, 1.54) is 38.5 Å². The van der Waals surface area contributed by atoms with Crippen LogP contribution in [0.1, 0.15) is 97.3 Å². The van der Waals surface area contributed by atoms with Gasteiger partial charge in [-0.3, -0.25) is 0 Å². The summed E-state index contributed by atoms with van der Waals surface area (Å²) in [6.07, 6.45) is 6.89. The summed E-state index contributed by atoms with van der Waals surface area (Å²) < 4.78 is 8.28. The SMILES string of the molecule is CC(C)(C)CC[N-][C@@H]1CCCC[C@H]1[N-]CCC(C)(C)C.O[C@@H]1c2ccccc2C[C@@H]1O.[O]=[Os]. The van der Waals surface area contributed by atoms with Crippen LogP contribution in [0.5, 0.6) is 0 Å². The Hall–Kier alpha value is -0.504. The van der Waals surface area contributed by atoms with Gasteiger partial charge in [0, 0.05) is 6.42 Å². The Morgan fingerprint density at radius 1 is 0.848 bits per heavy atom. The van der Waals surface area contributed by atoms with Crippen molar-refractivity contribution in [3.8, 4) is 0 Å². The fourth-order valence-corrected chi connectivity index (χ4v) is 4.20. The molecule has 0 saturated heterocycles. The number of fused-ring (bicyclic) bond motifs is 1. The number of nitrogens with zero attached hydrogens (tertiary/aromatic N) is 2. The quantitative estimate of drug-likeness (QED) is 0.377. The van der Waals surface area contributed by atoms with Gasteiger partial charge < -0.3 is 20.8 Å². The molecule has 0 radical (unpaired) electrons. The van der Waals surface area contributed by atoms with Gasteiger partial charge in [0.2, 0.25) is 0 Å². The van der Waals surface area contributed by atoms with E-state index in [1.807, 2.05) is 24.3 Å². The Balaban J connectivity index is 0.000000349. The predicted octanol–water partition coefficient (Wildman–Crippen LogP) is 6.43. The summed E-state index contributed by atoms with van der Waals surface area (Å²) in [7, 11) is 0. The van der Waals surface area contributed by atoms with Gasteiger partial charge in [-0.2, -0.15) is 12.1 Å². The van der Waals surface area contributed by atoms with Crippen LogP contribution in [-0.4, -0.2) is 41.5 Å². The number of hydrogen-bond acceptors (Lipinski definition) is 3. The maximum absolute atomic E-state index is 9.40. The molecule has 1 aromatic carbocycles. The molecular formula is C27H46N2O3Os-2. The molecule has 33 heavy (non-hydrogen) atoms. The summed E-state index contributed by atoms with van der Waals surface area (Å²) in [6, 6.07) is 8.60. The van der Waals surface area contributed by atoms with E-state index in [0.717, 1.165) is 24.2 Å². The van der Waals surface area contributed by atoms with Crippen molar-refractivity contribution >= 4 is 0 Å². The van der Waals surface area contributed by atoms with Crippen LogP contribution in [0.2, 0.25) is 0 Å². The summed E-state index contributed by atoms with van der Waals surface area (Å²) in [4.78, 5) is 0. The molecule has 0 heterocycles. The Bertz CT molecular complexity index is 644. The number of aliphatic hydroxyl groups is 2. The zero-order valence-electron chi connectivity index (χ0n) is 21.5. The zero-order chi connectivity index (χ0) is 25.1. The first-order valence-electron chi connectivity index (χ1n) is 12.4. The zero-order valence-corrected chi connectivity index (χ0v) is 24.1. The minimum absolute atomic E-state index is 0.400. The summed E-state index contributed by atoms with van der Waals surface area (Å²) in [5.41, 5.74) is 2.74. The molecule has 5 nitrogen and oxygen atoms in total. The van der Waals surface area contributed by atoms with Crippen LogP contribution in [0.4, 0.5) is 0 Å². The molecular weight excluding hydrogens is 591 g/mol. The molecule has 1 saturated carbocycles. The third kappa shape index (κ3) is 12.1. The molecule has 0 aliphatic heterocycles. The Kier molecular flexibility index (Phi) is 13.7. The van der Waals surface area contributed by atoms with Crippen LogP contribution >= 0.6 is 0 Å². The van der Waals surface area contributed by atoms with E-state index in [4.69, 9.17) is 14.2 Å². The first-order chi connectivity index (χ1) is 15.5. The molecule has 6 heteroatoms. The van der Waals surface area contributed by atoms with Crippen molar-refractivity contribution in [1.82, 2.24) is 0 Å². The molecule has 2 aliphatic rings. The Morgan fingerprint density at radius 2 is 1.30 bits per heavy atom. The number of aliphatic hydroxyl groups excluding tert-OH is 2. The van der Waals surface area contributed by atoms with Crippen molar-refractivity contribution in [3.05, 3.63) is 46.0 Å². The van der Waals surface area contributed by atoms with Gasteiger partial charge in [0.25, 0.3) is 0 Å². The van der Waals surface area contributed by atoms with Gasteiger partial charge in [0.15, 0.2) is 0 Å². The first kappa shape index (κ1) is 30.5. The van der Waals surface area contributed by atoms with E-state index in [-0.39, 0.29) is 0 Å². The van der Waals surface area contributed by atoms with Gasteiger partial charge in [0.1, 0.15) is 6.10 Å². The van der Waals surface area contributed by atoms with E-state index >= 15 is 0 Å². The normalized spacial score (nSPS) is 24.8. The average Bonchev–Trinajstić information content (AvgIpc) is 3.03. The maximum atomic E-state index is 9.40. The molecule has 192 valence electrons. The Morgan fingerprint density at radius 3 is 1.73 bits per heavy atom. The number of rotatable bonds is 6. The van der Waals surface area contributed by atoms with Crippen molar-refractivity contribution in [2.24, 2.45) is 10.8 Å². The molecule has 0 aromatic heterocycles. The standard InChI is InChI=1S/C18H36N2.C9H10O2.O.Os/c1-17(2,3)11-13-19-15-9-7-8-10-16(15)20-14-12-18(4,5)6;10-8-5-6-3-1-2-4-7(6)9(8)11;;/h15-16H,7-14H2,1-6H3;1-4,8-11H,5H2;;/q-2;;;/t15-,16-;8-,9+;;/m10../s1. The van der Waals surface area contributed by atoms with Gasteiger partial charge in [-0.15, -0.1) is 13.1 Å². The van der Waals surface area contributed by atoms with Crippen molar-refractivity contribution in [1.29, 1.82) is 0 Å². The fourth-order valence-electron chi connectivity index (χ4n) is 4.20. The first-order valence-corrected chi connectivity index (χ1v) is 13.4. The van der Waals surface area contributed by atoms with Gasteiger partial charge in [-0.1, -0.05) is 104 Å². The third-order valence-corrected chi connectivity index (χ3v) is 6.31. The number of hydrogen-bond donors (Lipinski definition) is 2. The van der Waals surface area contributed by atoms with Crippen LogP contribution in [0.25, 0.3) is 10.6 Å². The molecule has 1 aromatic rings. The fraction of sp³-hybridized carbons (Fsp3) is 0.778. The van der Waals surface area contributed by atoms with Gasteiger partial charge in [0.05, 0.1) is 6.10 Å². The van der Waals surface area contributed by atoms with Crippen molar-refractivity contribution < 1.29 is 32.3 Å². The van der Waals surface area contributed by atoms with Crippen molar-refractivity contribution in [2.45, 2.75) is 111 Å². The Labute approximate surface area is 212 Å². The minimum atomic E-state index is -0.675. The second-order valence-corrected chi connectivity index (χ2v) is 11.8. The molecule has 3 rings (SSSR count). The van der Waals surface area contributed by atoms with E-state index in [1.54, 1.807) is 0 Å².